The second-order valence-corrected chi connectivity index (χ2v) is 4.96. The second-order valence-electron chi connectivity index (χ2n) is 4.96. The molecule has 0 saturated heterocycles. The molecule has 2 aromatic rings. The molecule has 0 aliphatic rings. The fourth-order valence-electron chi connectivity index (χ4n) is 2.04. The Balaban J connectivity index is 2.14. The van der Waals surface area contributed by atoms with Crippen molar-refractivity contribution in [1.82, 2.24) is 0 Å². The van der Waals surface area contributed by atoms with Crippen LogP contribution in [0.5, 0.6) is 0 Å². The average Bonchev–Trinajstić information content (AvgIpc) is 2.59. The summed E-state index contributed by atoms with van der Waals surface area (Å²) in [5, 5.41) is 0. The Bertz CT molecular complexity index is 738. The predicted octanol–water partition coefficient (Wildman–Crippen LogP) is 3.07. The van der Waals surface area contributed by atoms with Crippen LogP contribution >= 0.6 is 0 Å². The normalized spacial score (nSPS) is 11.0. The Labute approximate surface area is 140 Å². The van der Waals surface area contributed by atoms with Crippen molar-refractivity contribution in [3.63, 3.8) is 0 Å². The highest BCUT2D eigenvalue weighted by atomic mass is 16.5. The lowest BCUT2D eigenvalue weighted by molar-refractivity contribution is -0.138. The van der Waals surface area contributed by atoms with Crippen molar-refractivity contribution in [2.75, 3.05) is 18.9 Å². The number of carbonyl (C=O) groups is 2. The number of anilines is 1. The van der Waals surface area contributed by atoms with Crippen molar-refractivity contribution < 1.29 is 19.1 Å². The molecule has 0 amide bonds. The van der Waals surface area contributed by atoms with Crippen molar-refractivity contribution in [3.8, 4) is 0 Å². The van der Waals surface area contributed by atoms with E-state index in [9.17, 15) is 9.59 Å². The number of carbonyl (C=O) groups excluding carboxylic acids is 2. The fraction of sp³-hybridized carbons (Fsp3) is 0.158. The highest BCUT2D eigenvalue weighted by Crippen LogP contribution is 2.14. The van der Waals surface area contributed by atoms with E-state index in [1.54, 1.807) is 37.3 Å². The monoisotopic (exact) mass is 325 g/mol. The molecule has 0 aliphatic heterocycles. The van der Waals surface area contributed by atoms with E-state index >= 15 is 0 Å². The van der Waals surface area contributed by atoms with Crippen LogP contribution in [0.25, 0.3) is 6.08 Å². The standard InChI is InChI=1S/C19H19NO4/c1-2-23-18(21)15(12-14-8-4-3-5-9-14)13-24-19(22)16-10-6-7-11-17(16)20/h3-12H,2,13,20H2,1H3/b15-12+. The van der Waals surface area contributed by atoms with E-state index in [2.05, 4.69) is 0 Å². The van der Waals surface area contributed by atoms with Crippen molar-refractivity contribution in [1.29, 1.82) is 0 Å². The van der Waals surface area contributed by atoms with Crippen molar-refractivity contribution in [2.24, 2.45) is 0 Å². The van der Waals surface area contributed by atoms with Crippen LogP contribution in [0.4, 0.5) is 5.69 Å². The first kappa shape index (κ1) is 17.3. The molecule has 2 N–H and O–H groups in total. The molecule has 0 radical (unpaired) electrons. The molecule has 0 spiro atoms. The maximum atomic E-state index is 12.1. The lowest BCUT2D eigenvalue weighted by atomic mass is 10.1. The topological polar surface area (TPSA) is 78.6 Å². The van der Waals surface area contributed by atoms with Gasteiger partial charge in [-0.15, -0.1) is 0 Å². The van der Waals surface area contributed by atoms with Gasteiger partial charge in [0.2, 0.25) is 0 Å². The molecule has 0 unspecified atom stereocenters. The van der Waals surface area contributed by atoms with E-state index < -0.39 is 11.9 Å². The minimum Gasteiger partial charge on any atom is -0.463 e. The Morgan fingerprint density at radius 3 is 2.33 bits per heavy atom. The van der Waals surface area contributed by atoms with Gasteiger partial charge in [-0.25, -0.2) is 9.59 Å². The molecule has 2 aromatic carbocycles. The van der Waals surface area contributed by atoms with Crippen molar-refractivity contribution >= 4 is 23.7 Å². The number of para-hydroxylation sites is 1. The highest BCUT2D eigenvalue weighted by molar-refractivity contribution is 5.97. The fourth-order valence-corrected chi connectivity index (χ4v) is 2.04. The van der Waals surface area contributed by atoms with Gasteiger partial charge in [0.05, 0.1) is 17.7 Å². The smallest absolute Gasteiger partial charge is 0.340 e. The van der Waals surface area contributed by atoms with Crippen LogP contribution in [0.2, 0.25) is 0 Å². The predicted molar refractivity (Wildman–Crippen MR) is 92.2 cm³/mol. The van der Waals surface area contributed by atoms with Crippen LogP contribution in [-0.4, -0.2) is 25.2 Å². The van der Waals surface area contributed by atoms with Gasteiger partial charge in [-0.1, -0.05) is 42.5 Å². The summed E-state index contributed by atoms with van der Waals surface area (Å²) in [4.78, 5) is 24.2. The lowest BCUT2D eigenvalue weighted by Crippen LogP contribution is -2.16. The molecule has 124 valence electrons. The van der Waals surface area contributed by atoms with Gasteiger partial charge in [0.1, 0.15) is 6.61 Å². The lowest BCUT2D eigenvalue weighted by Gasteiger charge is -2.10. The van der Waals surface area contributed by atoms with E-state index in [-0.39, 0.29) is 24.4 Å². The minimum absolute atomic E-state index is 0.194. The molecule has 24 heavy (non-hydrogen) atoms. The quantitative estimate of drug-likeness (QED) is 0.502. The van der Waals surface area contributed by atoms with Crippen LogP contribution in [0, 0.1) is 0 Å². The van der Waals surface area contributed by atoms with Gasteiger partial charge in [0.15, 0.2) is 0 Å². The third kappa shape index (κ3) is 4.71. The average molecular weight is 325 g/mol. The van der Waals surface area contributed by atoms with Crippen LogP contribution in [0.1, 0.15) is 22.8 Å². The number of hydrogen-bond acceptors (Lipinski definition) is 5. The second kappa shape index (κ2) is 8.53. The van der Waals surface area contributed by atoms with E-state index in [4.69, 9.17) is 15.2 Å². The van der Waals surface area contributed by atoms with Gasteiger partial charge < -0.3 is 15.2 Å². The summed E-state index contributed by atoms with van der Waals surface area (Å²) in [6.45, 7) is 1.76. The zero-order valence-electron chi connectivity index (χ0n) is 13.4. The number of nitrogen functional groups attached to an aromatic ring is 1. The SMILES string of the molecule is CCOC(=O)/C(=C/c1ccccc1)COC(=O)c1ccccc1N. The summed E-state index contributed by atoms with van der Waals surface area (Å²) in [5.74, 6) is -1.11. The summed E-state index contributed by atoms with van der Waals surface area (Å²) < 4.78 is 10.2. The Hall–Kier alpha value is -3.08. The summed E-state index contributed by atoms with van der Waals surface area (Å²) in [7, 11) is 0. The maximum absolute atomic E-state index is 12.1. The summed E-state index contributed by atoms with van der Waals surface area (Å²) >= 11 is 0. The zero-order chi connectivity index (χ0) is 17.4. The molecule has 0 aliphatic carbocycles. The van der Waals surface area contributed by atoms with Crippen molar-refractivity contribution in [3.05, 3.63) is 71.3 Å². The van der Waals surface area contributed by atoms with Crippen LogP contribution < -0.4 is 5.73 Å². The molecule has 0 heterocycles. The molecule has 0 atom stereocenters. The molecule has 5 nitrogen and oxygen atoms in total. The van der Waals surface area contributed by atoms with Gasteiger partial charge in [0.25, 0.3) is 0 Å². The summed E-state index contributed by atoms with van der Waals surface area (Å²) in [6, 6.07) is 15.9. The Morgan fingerprint density at radius 1 is 1.00 bits per heavy atom. The van der Waals surface area contributed by atoms with E-state index in [1.165, 1.54) is 0 Å². The third-order valence-electron chi connectivity index (χ3n) is 3.22. The molecular formula is C19H19NO4. The largest absolute Gasteiger partial charge is 0.463 e. The minimum atomic E-state index is -0.587. The van der Waals surface area contributed by atoms with Gasteiger partial charge in [-0.3, -0.25) is 0 Å². The molecule has 0 saturated carbocycles. The van der Waals surface area contributed by atoms with E-state index in [0.29, 0.717) is 5.69 Å². The zero-order valence-corrected chi connectivity index (χ0v) is 13.4. The number of benzene rings is 2. The summed E-state index contributed by atoms with van der Waals surface area (Å²) in [6.07, 6.45) is 1.64. The molecule has 0 fully saturated rings. The van der Waals surface area contributed by atoms with Gasteiger partial charge >= 0.3 is 11.9 Å². The first-order valence-electron chi connectivity index (χ1n) is 7.56. The van der Waals surface area contributed by atoms with Gasteiger partial charge in [-0.2, -0.15) is 0 Å². The third-order valence-corrected chi connectivity index (χ3v) is 3.22. The first-order chi connectivity index (χ1) is 11.6. The Morgan fingerprint density at radius 2 is 1.67 bits per heavy atom. The summed E-state index contributed by atoms with van der Waals surface area (Å²) in [5.41, 5.74) is 7.41. The van der Waals surface area contributed by atoms with E-state index in [0.717, 1.165) is 5.56 Å². The molecule has 2 rings (SSSR count). The van der Waals surface area contributed by atoms with Crippen LogP contribution in [0.15, 0.2) is 60.2 Å². The molecule has 0 aromatic heterocycles. The van der Waals surface area contributed by atoms with E-state index in [1.807, 2.05) is 30.3 Å². The van der Waals surface area contributed by atoms with Gasteiger partial charge in [0, 0.05) is 5.69 Å². The van der Waals surface area contributed by atoms with Gasteiger partial charge in [-0.05, 0) is 30.7 Å². The maximum Gasteiger partial charge on any atom is 0.340 e. The number of nitrogens with two attached hydrogens (primary N) is 1. The number of rotatable bonds is 6. The highest BCUT2D eigenvalue weighted by Gasteiger charge is 2.16. The first-order valence-corrected chi connectivity index (χ1v) is 7.56. The number of hydrogen-bond donors (Lipinski definition) is 1. The number of ether oxygens (including phenoxy) is 2. The Kier molecular flexibility index (Phi) is 6.14. The molecule has 0 bridgehead atoms. The van der Waals surface area contributed by atoms with Crippen LogP contribution in [-0.2, 0) is 14.3 Å². The number of esters is 2. The molecular weight excluding hydrogens is 306 g/mol. The van der Waals surface area contributed by atoms with Crippen molar-refractivity contribution in [2.45, 2.75) is 6.92 Å². The van der Waals surface area contributed by atoms with Crippen LogP contribution in [0.3, 0.4) is 0 Å². The molecule has 5 heteroatoms.